The third-order valence-corrected chi connectivity index (χ3v) is 4.56. The molecule has 3 heterocycles. The van der Waals surface area contributed by atoms with E-state index in [1.54, 1.807) is 10.9 Å². The molecule has 0 saturated carbocycles. The van der Waals surface area contributed by atoms with Crippen molar-refractivity contribution >= 4 is 59.4 Å². The summed E-state index contributed by atoms with van der Waals surface area (Å²) in [7, 11) is 0. The summed E-state index contributed by atoms with van der Waals surface area (Å²) in [5.74, 6) is -0.281. The van der Waals surface area contributed by atoms with Crippen molar-refractivity contribution in [3.63, 3.8) is 0 Å². The van der Waals surface area contributed by atoms with Crippen LogP contribution in [-0.4, -0.2) is 27.2 Å². The molecule has 1 atom stereocenters. The van der Waals surface area contributed by atoms with E-state index < -0.39 is 16.9 Å². The lowest BCUT2D eigenvalue weighted by atomic mass is 10.2. The number of hydrogen-bond donors (Lipinski definition) is 0. The summed E-state index contributed by atoms with van der Waals surface area (Å²) in [6.45, 7) is 2.11. The van der Waals surface area contributed by atoms with Gasteiger partial charge >= 0.3 is 6.18 Å². The van der Waals surface area contributed by atoms with E-state index in [0.717, 1.165) is 12.1 Å². The number of rotatable bonds is 1. The molecule has 2 aromatic heterocycles. The number of nitrogens with zero attached hydrogens (tertiary/aromatic N) is 4. The number of pyridine rings is 1. The van der Waals surface area contributed by atoms with Crippen molar-refractivity contribution in [3.8, 4) is 0 Å². The summed E-state index contributed by atoms with van der Waals surface area (Å²) in [5, 5.41) is 3.47. The number of halogens is 5. The predicted octanol–water partition coefficient (Wildman–Crippen LogP) is 3.89. The van der Waals surface area contributed by atoms with Crippen LogP contribution in [0.2, 0.25) is 5.15 Å². The van der Waals surface area contributed by atoms with Gasteiger partial charge < -0.3 is 0 Å². The normalized spacial score (nSPS) is 17.5. The Morgan fingerprint density at radius 1 is 1.38 bits per heavy atom. The fraction of sp³-hybridized carbons (Fsp3) is 0.308. The van der Waals surface area contributed by atoms with Gasteiger partial charge in [0, 0.05) is 6.54 Å². The fourth-order valence-electron chi connectivity index (χ4n) is 2.41. The minimum atomic E-state index is -4.59. The van der Waals surface area contributed by atoms with E-state index in [0.29, 0.717) is 9.26 Å². The van der Waals surface area contributed by atoms with E-state index in [1.807, 2.05) is 29.5 Å². The number of hydrogen-bond acceptors (Lipinski definition) is 3. The third kappa shape index (κ3) is 3.23. The highest BCUT2D eigenvalue weighted by Gasteiger charge is 2.36. The molecule has 5 nitrogen and oxygen atoms in total. The molecule has 1 aliphatic heterocycles. The molecule has 0 N–H and O–H groups in total. The van der Waals surface area contributed by atoms with E-state index in [4.69, 9.17) is 11.6 Å². The van der Waals surface area contributed by atoms with Gasteiger partial charge in [0.1, 0.15) is 16.7 Å². The van der Waals surface area contributed by atoms with Gasteiger partial charge in [0.05, 0.1) is 21.4 Å². The fourth-order valence-corrected chi connectivity index (χ4v) is 3.27. The van der Waals surface area contributed by atoms with Gasteiger partial charge in [0.15, 0.2) is 0 Å². The Kier molecular flexibility index (Phi) is 5.40. The highest BCUT2D eigenvalue weighted by Crippen LogP contribution is 2.35. The zero-order chi connectivity index (χ0) is 16.9. The van der Waals surface area contributed by atoms with E-state index in [-0.39, 0.29) is 37.8 Å². The van der Waals surface area contributed by atoms with Crippen molar-refractivity contribution < 1.29 is 18.0 Å². The lowest BCUT2D eigenvalue weighted by Gasteiger charge is -2.31. The molecule has 0 spiro atoms. The zero-order valence-electron chi connectivity index (χ0n) is 12.1. The Morgan fingerprint density at radius 2 is 2.04 bits per heavy atom. The Labute approximate surface area is 160 Å². The lowest BCUT2D eigenvalue weighted by molar-refractivity contribution is -0.137. The number of carbonyl (C=O) groups excluding carboxylic acids is 1. The number of anilines is 1. The number of alkyl halides is 3. The first-order valence-corrected chi connectivity index (χ1v) is 7.94. The van der Waals surface area contributed by atoms with Crippen LogP contribution in [0.1, 0.15) is 29.0 Å². The molecule has 0 unspecified atom stereocenters. The van der Waals surface area contributed by atoms with Crippen LogP contribution in [0.25, 0.3) is 0 Å². The average molecular weight is 491 g/mol. The largest absolute Gasteiger partial charge is 0.419 e. The highest BCUT2D eigenvalue weighted by atomic mass is 127. The topological polar surface area (TPSA) is 51.0 Å². The molecule has 0 radical (unpaired) electrons. The van der Waals surface area contributed by atoms with Gasteiger partial charge in [0.2, 0.25) is 0 Å². The van der Waals surface area contributed by atoms with Crippen LogP contribution >= 0.6 is 47.7 Å². The van der Waals surface area contributed by atoms with Crippen LogP contribution in [0.5, 0.6) is 0 Å². The quantitative estimate of drug-likeness (QED) is 0.450. The molecule has 0 fully saturated rings. The number of fused-ring (bicyclic) bond motifs is 1. The monoisotopic (exact) mass is 490 g/mol. The van der Waals surface area contributed by atoms with E-state index in [2.05, 4.69) is 10.1 Å². The maximum Gasteiger partial charge on any atom is 0.419 e. The second-order valence-electron chi connectivity index (χ2n) is 5.06. The van der Waals surface area contributed by atoms with Crippen LogP contribution in [0.15, 0.2) is 18.3 Å². The van der Waals surface area contributed by atoms with Crippen LogP contribution in [0.4, 0.5) is 19.0 Å². The second kappa shape index (κ2) is 6.71. The van der Waals surface area contributed by atoms with Crippen molar-refractivity contribution in [2.45, 2.75) is 19.1 Å². The molecule has 24 heavy (non-hydrogen) atoms. The van der Waals surface area contributed by atoms with E-state index in [1.165, 1.54) is 4.90 Å². The van der Waals surface area contributed by atoms with Gasteiger partial charge in [-0.25, -0.2) is 4.98 Å². The van der Waals surface area contributed by atoms with Crippen molar-refractivity contribution in [2.24, 2.45) is 0 Å². The Morgan fingerprint density at radius 3 is 2.62 bits per heavy atom. The molecule has 0 bridgehead atoms. The van der Waals surface area contributed by atoms with Crippen molar-refractivity contribution in [2.75, 3.05) is 11.4 Å². The standard InChI is InChI=1S/C13H9ClF3IN4O.H2S/c1-6-5-21(12(23)10-8(18)4-19-22(6)10)9-3-2-7(11(14)20-9)13(15,16)17;/h2-4,6H,5H2,1H3;1H2/t6-;/m0./s1. The summed E-state index contributed by atoms with van der Waals surface area (Å²) < 4.78 is 40.5. The Bertz CT molecular complexity index is 798. The lowest BCUT2D eigenvalue weighted by Crippen LogP contribution is -2.43. The molecule has 1 aliphatic rings. The van der Waals surface area contributed by atoms with Crippen molar-refractivity contribution in [3.05, 3.63) is 38.3 Å². The molecule has 11 heteroatoms. The Hall–Kier alpha value is -1.01. The molecule has 2 aromatic rings. The van der Waals surface area contributed by atoms with Gasteiger partial charge in [-0.1, -0.05) is 11.6 Å². The number of carbonyl (C=O) groups is 1. The first-order valence-electron chi connectivity index (χ1n) is 6.48. The minimum Gasteiger partial charge on any atom is -0.289 e. The summed E-state index contributed by atoms with van der Waals surface area (Å²) in [6.07, 6.45) is -3.02. The summed E-state index contributed by atoms with van der Waals surface area (Å²) >= 11 is 7.63. The van der Waals surface area contributed by atoms with E-state index >= 15 is 0 Å². The van der Waals surface area contributed by atoms with Crippen molar-refractivity contribution in [1.29, 1.82) is 0 Å². The van der Waals surface area contributed by atoms with Crippen LogP contribution in [0, 0.1) is 3.57 Å². The Balaban J connectivity index is 0.00000208. The van der Waals surface area contributed by atoms with Crippen LogP contribution in [-0.2, 0) is 6.18 Å². The smallest absolute Gasteiger partial charge is 0.289 e. The molecule has 3 rings (SSSR count). The third-order valence-electron chi connectivity index (χ3n) is 3.48. The average Bonchev–Trinajstić information content (AvgIpc) is 2.84. The molecule has 1 amide bonds. The van der Waals surface area contributed by atoms with Crippen molar-refractivity contribution in [1.82, 2.24) is 14.8 Å². The van der Waals surface area contributed by atoms with Crippen LogP contribution < -0.4 is 4.90 Å². The predicted molar refractivity (Wildman–Crippen MR) is 96.0 cm³/mol. The SMILES string of the molecule is C[C@H]1CN(c2ccc(C(F)(F)F)c(Cl)n2)C(=O)c2c(I)cnn21.S. The highest BCUT2D eigenvalue weighted by molar-refractivity contribution is 14.1. The first-order chi connectivity index (χ1) is 10.7. The molecule has 130 valence electrons. The molecular formula is C13H11ClF3IN4OS. The maximum atomic E-state index is 12.8. The van der Waals surface area contributed by atoms with Gasteiger partial charge in [-0.3, -0.25) is 14.4 Å². The van der Waals surface area contributed by atoms with Gasteiger partial charge in [0.25, 0.3) is 5.91 Å². The maximum absolute atomic E-state index is 12.8. The zero-order valence-corrected chi connectivity index (χ0v) is 16.0. The number of amides is 1. The summed E-state index contributed by atoms with van der Waals surface area (Å²) in [4.78, 5) is 17.7. The first kappa shape index (κ1) is 19.3. The molecule has 0 aromatic carbocycles. The molecule has 0 aliphatic carbocycles. The van der Waals surface area contributed by atoms with Gasteiger partial charge in [-0.15, -0.1) is 0 Å². The molecule has 0 saturated heterocycles. The van der Waals surface area contributed by atoms with E-state index in [9.17, 15) is 18.0 Å². The number of aromatic nitrogens is 3. The van der Waals surface area contributed by atoms with Crippen LogP contribution in [0.3, 0.4) is 0 Å². The van der Waals surface area contributed by atoms with Gasteiger partial charge in [-0.2, -0.15) is 31.8 Å². The summed E-state index contributed by atoms with van der Waals surface area (Å²) in [6, 6.07) is 1.85. The van der Waals surface area contributed by atoms with Gasteiger partial charge in [-0.05, 0) is 41.6 Å². The minimum absolute atomic E-state index is 0. The summed E-state index contributed by atoms with van der Waals surface area (Å²) in [5.41, 5.74) is -0.637. The molecular weight excluding hydrogens is 480 g/mol. The second-order valence-corrected chi connectivity index (χ2v) is 6.58.